The van der Waals surface area contributed by atoms with Crippen molar-refractivity contribution in [2.24, 2.45) is 0 Å². The molecule has 8 aromatic carbocycles. The first-order chi connectivity index (χ1) is 26.7. The van der Waals surface area contributed by atoms with Crippen molar-refractivity contribution in [2.45, 2.75) is 16.7 Å². The summed E-state index contributed by atoms with van der Waals surface area (Å²) >= 11 is 1.86. The first-order valence-electron chi connectivity index (χ1n) is 18.5. The molecule has 0 aliphatic carbocycles. The molecule has 0 bridgehead atoms. The van der Waals surface area contributed by atoms with Gasteiger partial charge in [-0.3, -0.25) is 0 Å². The van der Waals surface area contributed by atoms with Crippen molar-refractivity contribution in [2.75, 3.05) is 0 Å². The number of fused-ring (bicyclic) bond motifs is 2. The molecule has 3 heteroatoms. The zero-order valence-corrected chi connectivity index (χ0v) is 30.7. The zero-order valence-electron chi connectivity index (χ0n) is 29.9. The maximum absolute atomic E-state index is 2.53. The predicted molar refractivity (Wildman–Crippen MR) is 231 cm³/mol. The molecule has 1 aromatic heterocycles. The van der Waals surface area contributed by atoms with Gasteiger partial charge in [-0.2, -0.15) is 0 Å². The minimum absolute atomic E-state index is 1.20. The summed E-state index contributed by atoms with van der Waals surface area (Å²) in [6.45, 7) is 2.24. The molecule has 0 saturated heterocycles. The number of aryl methyl sites for hydroxylation is 1. The largest absolute Gasteiger partial charge is 0.310 e. The molecule has 0 amide bonds. The van der Waals surface area contributed by atoms with Crippen molar-refractivity contribution in [3.8, 4) is 61.5 Å². The van der Waals surface area contributed by atoms with Gasteiger partial charge in [-0.1, -0.05) is 181 Å². The predicted octanol–water partition coefficient (Wildman–Crippen LogP) is 12.4. The van der Waals surface area contributed by atoms with Crippen LogP contribution in [0.15, 0.2) is 204 Å². The van der Waals surface area contributed by atoms with Gasteiger partial charge in [-0.15, -0.1) is 0 Å². The number of hydrogen-bond acceptors (Lipinski definition) is 1. The molecule has 0 saturated carbocycles. The van der Waals surface area contributed by atoms with Gasteiger partial charge in [0.1, 0.15) is 0 Å². The Balaban J connectivity index is 1.12. The minimum Gasteiger partial charge on any atom is -0.310 e. The first-order valence-corrected chi connectivity index (χ1v) is 19.3. The third kappa shape index (κ3) is 5.69. The number of para-hydroxylation sites is 1. The Kier molecular flexibility index (Phi) is 8.16. The Morgan fingerprint density at radius 1 is 0.426 bits per heavy atom. The van der Waals surface area contributed by atoms with Crippen LogP contribution in [0.5, 0.6) is 0 Å². The molecule has 1 radical (unpaired) electrons. The fraction of sp³-hybridized carbons (Fsp3) is 0.0196. The molecular weight excluding hydrogens is 669 g/mol. The van der Waals surface area contributed by atoms with Crippen molar-refractivity contribution < 1.29 is 0 Å². The van der Waals surface area contributed by atoms with E-state index in [4.69, 9.17) is 0 Å². The van der Waals surface area contributed by atoms with Crippen LogP contribution in [0.3, 0.4) is 0 Å². The number of hydrogen-bond donors (Lipinski definition) is 0. The Morgan fingerprint density at radius 2 is 0.944 bits per heavy atom. The highest BCUT2D eigenvalue weighted by Gasteiger charge is 2.29. The lowest BCUT2D eigenvalue weighted by molar-refractivity contribution is 1.14. The molecule has 10 rings (SSSR count). The van der Waals surface area contributed by atoms with Gasteiger partial charge in [-0.05, 0) is 92.8 Å². The SMILES string of the molecule is Cc1cc(-c2cccc(-c3ccccc3)c2)ccc1Sc1ccc2c(-c3cccc(-c4ccccc4)c3)c(-c3ccccc3)n3c2c1[B]c1ccccc1-3. The van der Waals surface area contributed by atoms with E-state index in [1.54, 1.807) is 0 Å². The average Bonchev–Trinajstić information content (AvgIpc) is 3.60. The topological polar surface area (TPSA) is 4.93 Å². The van der Waals surface area contributed by atoms with Crippen molar-refractivity contribution in [3.63, 3.8) is 0 Å². The minimum atomic E-state index is 1.20. The lowest BCUT2D eigenvalue weighted by atomic mass is 9.61. The van der Waals surface area contributed by atoms with Crippen LogP contribution in [-0.2, 0) is 0 Å². The molecule has 54 heavy (non-hydrogen) atoms. The maximum Gasteiger partial charge on any atom is 0.198 e. The van der Waals surface area contributed by atoms with Gasteiger partial charge < -0.3 is 4.57 Å². The molecule has 0 unspecified atom stereocenters. The van der Waals surface area contributed by atoms with Crippen molar-refractivity contribution in [3.05, 3.63) is 200 Å². The summed E-state index contributed by atoms with van der Waals surface area (Å²) in [6.07, 6.45) is 0. The van der Waals surface area contributed by atoms with E-state index < -0.39 is 0 Å². The van der Waals surface area contributed by atoms with Crippen LogP contribution in [0.1, 0.15) is 5.56 Å². The van der Waals surface area contributed by atoms with Gasteiger partial charge in [0.2, 0.25) is 0 Å². The van der Waals surface area contributed by atoms with Gasteiger partial charge in [-0.25, -0.2) is 0 Å². The molecule has 0 fully saturated rings. The summed E-state index contributed by atoms with van der Waals surface area (Å²) in [7, 11) is 2.40. The molecule has 0 N–H and O–H groups in total. The summed E-state index contributed by atoms with van der Waals surface area (Å²) in [4.78, 5) is 2.51. The second-order valence-corrected chi connectivity index (χ2v) is 15.1. The first kappa shape index (κ1) is 32.4. The Hall–Kier alpha value is -6.29. The van der Waals surface area contributed by atoms with Crippen LogP contribution in [-0.4, -0.2) is 11.8 Å². The standard InChI is InChI=1S/C51H35BNS/c1-34-31-41(40-23-13-21-38(32-40)35-15-5-2-6-16-35)27-29-46(34)54-47-30-28-43-48(42-24-14-22-39(33-42)36-17-7-3-8-18-36)50(37-19-9-4-10-20-37)53-45-26-12-11-25-44(45)52-49(47)51(43)53/h2-33H,1H3. The van der Waals surface area contributed by atoms with Gasteiger partial charge in [0, 0.05) is 31.9 Å². The Morgan fingerprint density at radius 3 is 1.61 bits per heavy atom. The van der Waals surface area contributed by atoms with Gasteiger partial charge in [0.15, 0.2) is 7.28 Å². The lowest BCUT2D eigenvalue weighted by Crippen LogP contribution is -2.37. The van der Waals surface area contributed by atoms with Crippen molar-refractivity contribution in [1.29, 1.82) is 0 Å². The summed E-state index contributed by atoms with van der Waals surface area (Å²) in [5, 5.41) is 1.26. The fourth-order valence-electron chi connectivity index (χ4n) is 8.04. The highest BCUT2D eigenvalue weighted by atomic mass is 32.2. The van der Waals surface area contributed by atoms with Gasteiger partial charge in [0.25, 0.3) is 0 Å². The van der Waals surface area contributed by atoms with E-state index in [1.165, 1.54) is 98.6 Å². The van der Waals surface area contributed by atoms with Crippen LogP contribution < -0.4 is 10.9 Å². The van der Waals surface area contributed by atoms with Gasteiger partial charge >= 0.3 is 0 Å². The van der Waals surface area contributed by atoms with E-state index in [0.29, 0.717) is 0 Å². The number of rotatable bonds is 7. The molecule has 1 aliphatic heterocycles. The van der Waals surface area contributed by atoms with Crippen LogP contribution in [0.25, 0.3) is 72.4 Å². The Bertz CT molecular complexity index is 2820. The highest BCUT2D eigenvalue weighted by molar-refractivity contribution is 7.99. The van der Waals surface area contributed by atoms with E-state index in [-0.39, 0.29) is 0 Å². The van der Waals surface area contributed by atoms with Crippen LogP contribution in [0.2, 0.25) is 0 Å². The molecule has 0 atom stereocenters. The maximum atomic E-state index is 2.53. The van der Waals surface area contributed by atoms with E-state index in [2.05, 4.69) is 213 Å². The molecule has 1 nitrogen and oxygen atoms in total. The van der Waals surface area contributed by atoms with Crippen molar-refractivity contribution in [1.82, 2.24) is 4.57 Å². The van der Waals surface area contributed by atoms with Crippen LogP contribution in [0.4, 0.5) is 0 Å². The number of nitrogens with zero attached hydrogens (tertiary/aromatic N) is 1. The number of benzene rings is 8. The molecule has 253 valence electrons. The molecule has 9 aromatic rings. The average molecular weight is 705 g/mol. The third-order valence-corrected chi connectivity index (χ3v) is 11.9. The summed E-state index contributed by atoms with van der Waals surface area (Å²) in [5.74, 6) is 0. The van der Waals surface area contributed by atoms with E-state index >= 15 is 0 Å². The summed E-state index contributed by atoms with van der Waals surface area (Å²) in [5.41, 5.74) is 18.5. The second kappa shape index (κ2) is 13.6. The molecule has 2 heterocycles. The summed E-state index contributed by atoms with van der Waals surface area (Å²) in [6, 6.07) is 70.6. The zero-order chi connectivity index (χ0) is 36.0. The smallest absolute Gasteiger partial charge is 0.198 e. The summed E-state index contributed by atoms with van der Waals surface area (Å²) < 4.78 is 2.53. The van der Waals surface area contributed by atoms with E-state index in [9.17, 15) is 0 Å². The van der Waals surface area contributed by atoms with Crippen LogP contribution in [0, 0.1) is 6.92 Å². The Labute approximate surface area is 321 Å². The van der Waals surface area contributed by atoms with Gasteiger partial charge in [0.05, 0.1) is 5.69 Å². The number of aromatic nitrogens is 1. The molecular formula is C51H35BNS. The monoisotopic (exact) mass is 704 g/mol. The van der Waals surface area contributed by atoms with E-state index in [0.717, 1.165) is 0 Å². The quantitative estimate of drug-likeness (QED) is 0.150. The fourth-order valence-corrected chi connectivity index (χ4v) is 9.03. The van der Waals surface area contributed by atoms with E-state index in [1.807, 2.05) is 11.8 Å². The lowest BCUT2D eigenvalue weighted by Gasteiger charge is -2.23. The van der Waals surface area contributed by atoms with Crippen molar-refractivity contribution >= 4 is 40.9 Å². The third-order valence-electron chi connectivity index (χ3n) is 10.6. The normalized spacial score (nSPS) is 11.6. The highest BCUT2D eigenvalue weighted by Crippen LogP contribution is 2.45. The second-order valence-electron chi connectivity index (χ2n) is 14.0. The molecule has 0 spiro atoms. The van der Waals surface area contributed by atoms with Crippen LogP contribution >= 0.6 is 11.8 Å². The molecule has 1 aliphatic rings.